The number of ether oxygens (including phenoxy) is 2. The summed E-state index contributed by atoms with van der Waals surface area (Å²) in [5.74, 6) is -0.542. The van der Waals surface area contributed by atoms with Crippen LogP contribution in [0.2, 0.25) is 0 Å². The third kappa shape index (κ3) is 4.93. The Morgan fingerprint density at radius 1 is 1.30 bits per heavy atom. The number of aliphatic carboxylic acids is 1. The van der Waals surface area contributed by atoms with E-state index in [1.165, 1.54) is 6.07 Å². The van der Waals surface area contributed by atoms with Crippen molar-refractivity contribution in [2.24, 2.45) is 0 Å². The molecule has 1 aromatic carbocycles. The summed E-state index contributed by atoms with van der Waals surface area (Å²) in [6.07, 6.45) is 2.24. The largest absolute Gasteiger partial charge is 0.550 e. The van der Waals surface area contributed by atoms with Crippen LogP contribution in [-0.4, -0.2) is 30.6 Å². The number of rotatable bonds is 8. The van der Waals surface area contributed by atoms with Crippen molar-refractivity contribution in [1.29, 1.82) is 0 Å². The number of benzene rings is 1. The molecule has 1 aromatic heterocycles. The van der Waals surface area contributed by atoms with E-state index < -0.39 is 11.6 Å². The highest BCUT2D eigenvalue weighted by Gasteiger charge is 2.30. The predicted octanol–water partition coefficient (Wildman–Crippen LogP) is 1.48. The van der Waals surface area contributed by atoms with E-state index in [0.29, 0.717) is 35.3 Å². The van der Waals surface area contributed by atoms with Crippen LogP contribution in [0.3, 0.4) is 0 Å². The average molecular weight is 416 g/mol. The first-order valence-electron chi connectivity index (χ1n) is 10.1. The number of carbonyl (C=O) groups is 2. The minimum Gasteiger partial charge on any atom is -0.550 e. The highest BCUT2D eigenvalue weighted by atomic mass is 16.5. The predicted molar refractivity (Wildman–Crippen MR) is 108 cm³/mol. The quantitative estimate of drug-likeness (QED) is 0.511. The van der Waals surface area contributed by atoms with Gasteiger partial charge in [-0.15, -0.1) is 0 Å². The van der Waals surface area contributed by atoms with E-state index in [4.69, 9.17) is 13.9 Å². The maximum atomic E-state index is 12.1. The van der Waals surface area contributed by atoms with Crippen LogP contribution in [0.15, 0.2) is 21.3 Å². The van der Waals surface area contributed by atoms with Gasteiger partial charge in [-0.05, 0) is 51.5 Å². The van der Waals surface area contributed by atoms with Gasteiger partial charge in [0.05, 0.1) is 5.39 Å². The molecule has 1 aliphatic rings. The first-order valence-corrected chi connectivity index (χ1v) is 10.1. The maximum absolute atomic E-state index is 12.1. The molecule has 2 aromatic rings. The van der Waals surface area contributed by atoms with E-state index >= 15 is 0 Å². The average Bonchev–Trinajstić information content (AvgIpc) is 2.67. The summed E-state index contributed by atoms with van der Waals surface area (Å²) in [4.78, 5) is 34.6. The van der Waals surface area contributed by atoms with E-state index in [2.05, 4.69) is 5.32 Å². The SMILES string of the molecule is CCc1cc(=O)oc2c3c(cc(OCC(=O)NCCCC(=O)[O-])c12)OC(C)(C)CC3. The lowest BCUT2D eigenvalue weighted by Crippen LogP contribution is -2.33. The number of carbonyl (C=O) groups excluding carboxylic acids is 2. The summed E-state index contributed by atoms with van der Waals surface area (Å²) in [6, 6.07) is 3.19. The highest BCUT2D eigenvalue weighted by molar-refractivity contribution is 5.92. The summed E-state index contributed by atoms with van der Waals surface area (Å²) < 4.78 is 17.4. The minimum absolute atomic E-state index is 0.122. The molecule has 0 saturated carbocycles. The van der Waals surface area contributed by atoms with Gasteiger partial charge < -0.3 is 29.1 Å². The van der Waals surface area contributed by atoms with Crippen molar-refractivity contribution in [2.45, 2.75) is 58.5 Å². The number of carboxylic acids is 1. The maximum Gasteiger partial charge on any atom is 0.336 e. The summed E-state index contributed by atoms with van der Waals surface area (Å²) in [5.41, 5.74) is 1.25. The van der Waals surface area contributed by atoms with Crippen molar-refractivity contribution in [3.63, 3.8) is 0 Å². The molecule has 0 spiro atoms. The second-order valence-corrected chi connectivity index (χ2v) is 7.98. The minimum atomic E-state index is -1.16. The standard InChI is InChI=1S/C22H27NO7/c1-4-13-10-19(27)29-21-14-7-8-22(2,3)30-15(14)11-16(20(13)21)28-12-17(24)23-9-5-6-18(25)26/h10-11H,4-9,12H2,1-3H3,(H,23,24)(H,25,26)/p-1. The second kappa shape index (κ2) is 8.77. The summed E-state index contributed by atoms with van der Waals surface area (Å²) >= 11 is 0. The zero-order valence-corrected chi connectivity index (χ0v) is 17.5. The number of carboxylic acid groups (broad SMARTS) is 1. The molecule has 2 heterocycles. The van der Waals surface area contributed by atoms with Crippen molar-refractivity contribution in [3.05, 3.63) is 33.7 Å². The Balaban J connectivity index is 1.89. The van der Waals surface area contributed by atoms with Gasteiger partial charge in [-0.2, -0.15) is 0 Å². The third-order valence-corrected chi connectivity index (χ3v) is 5.11. The Hall–Kier alpha value is -3.03. The van der Waals surface area contributed by atoms with Crippen LogP contribution in [0.1, 0.15) is 51.2 Å². The zero-order chi connectivity index (χ0) is 21.9. The van der Waals surface area contributed by atoms with Crippen LogP contribution >= 0.6 is 0 Å². The Labute approximate surface area is 174 Å². The normalized spacial score (nSPS) is 14.6. The molecule has 1 amide bonds. The van der Waals surface area contributed by atoms with E-state index in [9.17, 15) is 19.5 Å². The number of hydrogen-bond donors (Lipinski definition) is 1. The molecule has 0 bridgehead atoms. The number of hydrogen-bond acceptors (Lipinski definition) is 7. The molecule has 0 atom stereocenters. The van der Waals surface area contributed by atoms with Gasteiger partial charge >= 0.3 is 5.63 Å². The van der Waals surface area contributed by atoms with E-state index in [1.807, 2.05) is 20.8 Å². The second-order valence-electron chi connectivity index (χ2n) is 7.98. The van der Waals surface area contributed by atoms with Crippen molar-refractivity contribution in [2.75, 3.05) is 13.2 Å². The zero-order valence-electron chi connectivity index (χ0n) is 17.5. The smallest absolute Gasteiger partial charge is 0.336 e. The van der Waals surface area contributed by atoms with Crippen molar-refractivity contribution >= 4 is 22.8 Å². The van der Waals surface area contributed by atoms with E-state index in [-0.39, 0.29) is 37.5 Å². The highest BCUT2D eigenvalue weighted by Crippen LogP contribution is 2.42. The third-order valence-electron chi connectivity index (χ3n) is 5.11. The van der Waals surface area contributed by atoms with Crippen LogP contribution in [0, 0.1) is 0 Å². The fourth-order valence-electron chi connectivity index (χ4n) is 3.56. The summed E-state index contributed by atoms with van der Waals surface area (Å²) in [5, 5.41) is 13.7. The lowest BCUT2D eigenvalue weighted by Gasteiger charge is -2.33. The van der Waals surface area contributed by atoms with E-state index in [1.54, 1.807) is 6.07 Å². The number of aryl methyl sites for hydroxylation is 2. The first-order chi connectivity index (χ1) is 14.2. The fraction of sp³-hybridized carbons (Fsp3) is 0.500. The van der Waals surface area contributed by atoms with Gasteiger partial charge in [0.15, 0.2) is 6.61 Å². The molecule has 0 aliphatic carbocycles. The molecule has 0 fully saturated rings. The van der Waals surface area contributed by atoms with Crippen LogP contribution in [0.25, 0.3) is 11.0 Å². The molecular formula is C22H26NO7-. The Kier molecular flexibility index (Phi) is 6.34. The molecule has 0 radical (unpaired) electrons. The molecule has 0 unspecified atom stereocenters. The van der Waals surface area contributed by atoms with Crippen LogP contribution in [0.4, 0.5) is 0 Å². The Bertz CT molecular complexity index is 1020. The Morgan fingerprint density at radius 3 is 2.77 bits per heavy atom. The first kappa shape index (κ1) is 21.7. The fourth-order valence-corrected chi connectivity index (χ4v) is 3.56. The Morgan fingerprint density at radius 2 is 2.07 bits per heavy atom. The van der Waals surface area contributed by atoms with Gasteiger partial charge in [0.1, 0.15) is 22.7 Å². The van der Waals surface area contributed by atoms with Crippen LogP contribution in [-0.2, 0) is 22.4 Å². The van der Waals surface area contributed by atoms with Crippen LogP contribution in [0.5, 0.6) is 11.5 Å². The van der Waals surface area contributed by atoms with Gasteiger partial charge in [0.2, 0.25) is 0 Å². The van der Waals surface area contributed by atoms with Crippen LogP contribution < -0.4 is 25.5 Å². The lowest BCUT2D eigenvalue weighted by atomic mass is 9.92. The monoisotopic (exact) mass is 416 g/mol. The summed E-state index contributed by atoms with van der Waals surface area (Å²) in [7, 11) is 0. The topological polar surface area (TPSA) is 118 Å². The van der Waals surface area contributed by atoms with Crippen molar-refractivity contribution in [3.8, 4) is 11.5 Å². The lowest BCUT2D eigenvalue weighted by molar-refractivity contribution is -0.305. The molecule has 162 valence electrons. The van der Waals surface area contributed by atoms with Gasteiger partial charge in [0, 0.05) is 30.2 Å². The summed E-state index contributed by atoms with van der Waals surface area (Å²) in [6.45, 7) is 5.86. The molecule has 3 rings (SSSR count). The van der Waals surface area contributed by atoms with Gasteiger partial charge in [-0.25, -0.2) is 4.79 Å². The molecule has 0 saturated heterocycles. The van der Waals surface area contributed by atoms with Gasteiger partial charge in [-0.3, -0.25) is 4.79 Å². The molecule has 1 N–H and O–H groups in total. The molecule has 1 aliphatic heterocycles. The van der Waals surface area contributed by atoms with Crippen molar-refractivity contribution in [1.82, 2.24) is 5.32 Å². The van der Waals surface area contributed by atoms with Crippen molar-refractivity contribution < 1.29 is 28.6 Å². The number of nitrogens with one attached hydrogen (secondary N) is 1. The molecule has 8 heteroatoms. The van der Waals surface area contributed by atoms with Gasteiger partial charge in [0.25, 0.3) is 5.91 Å². The molecule has 8 nitrogen and oxygen atoms in total. The molecule has 30 heavy (non-hydrogen) atoms. The number of fused-ring (bicyclic) bond motifs is 3. The van der Waals surface area contributed by atoms with Gasteiger partial charge in [-0.1, -0.05) is 6.92 Å². The molecular weight excluding hydrogens is 390 g/mol. The van der Waals surface area contributed by atoms with E-state index in [0.717, 1.165) is 17.5 Å². The number of amides is 1.